The van der Waals surface area contributed by atoms with E-state index in [9.17, 15) is 4.79 Å². The van der Waals surface area contributed by atoms with Crippen LogP contribution in [-0.2, 0) is 4.74 Å². The first-order valence-electron chi connectivity index (χ1n) is 5.76. The molecule has 0 aliphatic carbocycles. The number of hydrogen-bond acceptors (Lipinski definition) is 4. The van der Waals surface area contributed by atoms with Gasteiger partial charge in [-0.15, -0.1) is 0 Å². The summed E-state index contributed by atoms with van der Waals surface area (Å²) >= 11 is 0. The van der Waals surface area contributed by atoms with Gasteiger partial charge in [0.1, 0.15) is 5.60 Å². The summed E-state index contributed by atoms with van der Waals surface area (Å²) in [5, 5.41) is 19.1. The van der Waals surface area contributed by atoms with Crippen LogP contribution in [0.4, 0.5) is 4.79 Å². The average molecular weight is 249 g/mol. The van der Waals surface area contributed by atoms with E-state index in [0.29, 0.717) is 6.54 Å². The number of amides is 1. The molecule has 0 aliphatic heterocycles. The first kappa shape index (κ1) is 18.6. The van der Waals surface area contributed by atoms with Crippen molar-refractivity contribution in [2.45, 2.75) is 47.1 Å². The van der Waals surface area contributed by atoms with Crippen LogP contribution in [0.1, 0.15) is 41.5 Å². The van der Waals surface area contributed by atoms with Crippen molar-refractivity contribution in [3.8, 4) is 0 Å². The summed E-state index contributed by atoms with van der Waals surface area (Å²) in [5.41, 5.74) is -0.787. The third kappa shape index (κ3) is 15.2. The molecule has 0 radical (unpaired) electrons. The molecule has 104 valence electrons. The molecular formula is C12H27NO4. The number of ether oxygens (including phenoxy) is 1. The van der Waals surface area contributed by atoms with Gasteiger partial charge in [-0.3, -0.25) is 0 Å². The van der Waals surface area contributed by atoms with Gasteiger partial charge in [0.25, 0.3) is 0 Å². The third-order valence-corrected chi connectivity index (χ3v) is 1.54. The fourth-order valence-corrected chi connectivity index (χ4v) is 0.682. The molecule has 0 aliphatic rings. The number of aliphatic hydroxyl groups excluding tert-OH is 2. The first-order valence-corrected chi connectivity index (χ1v) is 5.76. The highest BCUT2D eigenvalue weighted by Crippen LogP contribution is 2.12. The van der Waals surface area contributed by atoms with Crippen molar-refractivity contribution in [3.63, 3.8) is 0 Å². The molecule has 5 nitrogen and oxygen atoms in total. The molecule has 0 atom stereocenters. The number of carbonyl (C=O) groups is 1. The van der Waals surface area contributed by atoms with Crippen molar-refractivity contribution < 1.29 is 19.7 Å². The van der Waals surface area contributed by atoms with Gasteiger partial charge in [0.15, 0.2) is 0 Å². The molecular weight excluding hydrogens is 222 g/mol. The second-order valence-electron chi connectivity index (χ2n) is 5.49. The van der Waals surface area contributed by atoms with E-state index in [4.69, 9.17) is 14.9 Å². The van der Waals surface area contributed by atoms with Gasteiger partial charge in [0.2, 0.25) is 0 Å². The van der Waals surface area contributed by atoms with Crippen molar-refractivity contribution >= 4 is 6.09 Å². The second-order valence-corrected chi connectivity index (χ2v) is 5.49. The summed E-state index contributed by atoms with van der Waals surface area (Å²) < 4.78 is 5.05. The number of carbonyl (C=O) groups excluding carboxylic acids is 1. The van der Waals surface area contributed by atoms with Crippen molar-refractivity contribution in [1.29, 1.82) is 0 Å². The first-order chi connectivity index (χ1) is 7.58. The second kappa shape index (κ2) is 8.31. The third-order valence-electron chi connectivity index (χ3n) is 1.54. The summed E-state index contributed by atoms with van der Waals surface area (Å²) in [6.07, 6.45) is -0.445. The van der Waals surface area contributed by atoms with Crippen molar-refractivity contribution in [2.75, 3.05) is 19.8 Å². The molecule has 0 spiro atoms. The number of aliphatic hydroxyl groups is 2. The fraction of sp³-hybridized carbons (Fsp3) is 0.917. The van der Waals surface area contributed by atoms with Gasteiger partial charge >= 0.3 is 6.09 Å². The zero-order valence-electron chi connectivity index (χ0n) is 11.8. The SMILES string of the molecule is CC(C)(CO)CNC(=O)OC(C)(C)C.CCO. The van der Waals surface area contributed by atoms with Crippen LogP contribution in [0.3, 0.4) is 0 Å². The normalized spacial score (nSPS) is 11.3. The molecule has 1 amide bonds. The van der Waals surface area contributed by atoms with E-state index in [0.717, 1.165) is 0 Å². The number of rotatable bonds is 3. The molecule has 3 N–H and O–H groups in total. The summed E-state index contributed by atoms with van der Waals surface area (Å²) in [4.78, 5) is 11.2. The van der Waals surface area contributed by atoms with E-state index in [-0.39, 0.29) is 18.6 Å². The minimum atomic E-state index is -0.479. The Morgan fingerprint density at radius 1 is 1.18 bits per heavy atom. The van der Waals surface area contributed by atoms with E-state index >= 15 is 0 Å². The average Bonchev–Trinajstić information content (AvgIpc) is 2.14. The maximum atomic E-state index is 11.2. The number of nitrogens with one attached hydrogen (secondary N) is 1. The minimum absolute atomic E-state index is 0.0306. The summed E-state index contributed by atoms with van der Waals surface area (Å²) in [6, 6.07) is 0. The Balaban J connectivity index is 0. The molecule has 0 saturated carbocycles. The van der Waals surface area contributed by atoms with Gasteiger partial charge in [-0.05, 0) is 27.7 Å². The Morgan fingerprint density at radius 2 is 1.59 bits per heavy atom. The fourth-order valence-electron chi connectivity index (χ4n) is 0.682. The van der Waals surface area contributed by atoms with Crippen molar-refractivity contribution in [1.82, 2.24) is 5.32 Å². The molecule has 0 aromatic carbocycles. The van der Waals surface area contributed by atoms with Crippen LogP contribution in [0.2, 0.25) is 0 Å². The quantitative estimate of drug-likeness (QED) is 0.708. The highest BCUT2D eigenvalue weighted by molar-refractivity contribution is 5.67. The Morgan fingerprint density at radius 3 is 1.88 bits per heavy atom. The molecule has 17 heavy (non-hydrogen) atoms. The van der Waals surface area contributed by atoms with Crippen LogP contribution in [-0.4, -0.2) is 41.7 Å². The molecule has 0 saturated heterocycles. The predicted octanol–water partition coefficient (Wildman–Crippen LogP) is 1.53. The maximum absolute atomic E-state index is 11.2. The standard InChI is InChI=1S/C10H21NO3.C2H6O/c1-9(2,3)14-8(13)11-6-10(4,5)7-12;1-2-3/h12H,6-7H2,1-5H3,(H,11,13);3H,2H2,1H3. The lowest BCUT2D eigenvalue weighted by atomic mass is 9.95. The number of hydrogen-bond donors (Lipinski definition) is 3. The lowest BCUT2D eigenvalue weighted by molar-refractivity contribution is 0.0488. The van der Waals surface area contributed by atoms with Gasteiger partial charge in [-0.2, -0.15) is 0 Å². The monoisotopic (exact) mass is 249 g/mol. The Hall–Kier alpha value is -0.810. The van der Waals surface area contributed by atoms with E-state index in [1.54, 1.807) is 6.92 Å². The van der Waals surface area contributed by atoms with Crippen LogP contribution >= 0.6 is 0 Å². The highest BCUT2D eigenvalue weighted by atomic mass is 16.6. The molecule has 0 bridgehead atoms. The lowest BCUT2D eigenvalue weighted by Gasteiger charge is -2.24. The lowest BCUT2D eigenvalue weighted by Crippen LogP contribution is -2.39. The molecule has 0 aromatic rings. The van der Waals surface area contributed by atoms with Crippen molar-refractivity contribution in [2.24, 2.45) is 5.41 Å². The van der Waals surface area contributed by atoms with E-state index in [2.05, 4.69) is 5.32 Å². The largest absolute Gasteiger partial charge is 0.444 e. The molecule has 0 aromatic heterocycles. The Kier molecular flexibility index (Phi) is 9.06. The Labute approximate surface area is 104 Å². The molecule has 0 unspecified atom stereocenters. The molecule has 0 heterocycles. The zero-order chi connectivity index (χ0) is 14.1. The van der Waals surface area contributed by atoms with Gasteiger partial charge in [0.05, 0.1) is 0 Å². The predicted molar refractivity (Wildman–Crippen MR) is 67.9 cm³/mol. The maximum Gasteiger partial charge on any atom is 0.407 e. The van der Waals surface area contributed by atoms with Crippen LogP contribution in [0.15, 0.2) is 0 Å². The Bertz CT molecular complexity index is 209. The number of alkyl carbamates (subject to hydrolysis) is 1. The van der Waals surface area contributed by atoms with Crippen LogP contribution < -0.4 is 5.32 Å². The summed E-state index contributed by atoms with van der Waals surface area (Å²) in [7, 11) is 0. The smallest absolute Gasteiger partial charge is 0.407 e. The topological polar surface area (TPSA) is 78.8 Å². The molecule has 0 fully saturated rings. The van der Waals surface area contributed by atoms with E-state index in [1.165, 1.54) is 0 Å². The zero-order valence-corrected chi connectivity index (χ0v) is 11.8. The van der Waals surface area contributed by atoms with Crippen LogP contribution in [0, 0.1) is 5.41 Å². The van der Waals surface area contributed by atoms with Crippen LogP contribution in [0.25, 0.3) is 0 Å². The van der Waals surface area contributed by atoms with E-state index in [1.807, 2.05) is 34.6 Å². The highest BCUT2D eigenvalue weighted by Gasteiger charge is 2.20. The molecule has 0 rings (SSSR count). The minimum Gasteiger partial charge on any atom is -0.444 e. The van der Waals surface area contributed by atoms with Gasteiger partial charge in [0, 0.05) is 25.2 Å². The van der Waals surface area contributed by atoms with Gasteiger partial charge in [-0.1, -0.05) is 13.8 Å². The summed E-state index contributed by atoms with van der Waals surface area (Å²) in [6.45, 7) is 11.5. The molecule has 5 heteroatoms. The van der Waals surface area contributed by atoms with Gasteiger partial charge in [-0.25, -0.2) is 4.79 Å². The van der Waals surface area contributed by atoms with Crippen LogP contribution in [0.5, 0.6) is 0 Å². The summed E-state index contributed by atoms with van der Waals surface area (Å²) in [5.74, 6) is 0. The van der Waals surface area contributed by atoms with Gasteiger partial charge < -0.3 is 20.3 Å². The van der Waals surface area contributed by atoms with Crippen molar-refractivity contribution in [3.05, 3.63) is 0 Å². The van der Waals surface area contributed by atoms with E-state index < -0.39 is 11.7 Å².